The average molecular weight is 356 g/mol. The van der Waals surface area contributed by atoms with Crippen LogP contribution < -0.4 is 5.32 Å². The number of amides is 1. The number of fused-ring (bicyclic) bond motifs is 1. The van der Waals surface area contributed by atoms with E-state index in [1.807, 2.05) is 6.20 Å². The Bertz CT molecular complexity index is 728. The van der Waals surface area contributed by atoms with Gasteiger partial charge in [-0.1, -0.05) is 0 Å². The van der Waals surface area contributed by atoms with Gasteiger partial charge in [0.15, 0.2) is 0 Å². The van der Waals surface area contributed by atoms with Crippen LogP contribution in [0.2, 0.25) is 0 Å². The van der Waals surface area contributed by atoms with E-state index in [1.54, 1.807) is 6.20 Å². The van der Waals surface area contributed by atoms with E-state index in [9.17, 15) is 4.79 Å². The van der Waals surface area contributed by atoms with Crippen LogP contribution in [0.4, 0.5) is 0 Å². The maximum Gasteiger partial charge on any atom is 0.271 e. The van der Waals surface area contributed by atoms with Crippen molar-refractivity contribution in [3.8, 4) is 0 Å². The Labute approximate surface area is 152 Å². The van der Waals surface area contributed by atoms with E-state index in [2.05, 4.69) is 36.0 Å². The van der Waals surface area contributed by atoms with E-state index in [0.29, 0.717) is 18.3 Å². The fourth-order valence-electron chi connectivity index (χ4n) is 3.82. The Morgan fingerprint density at radius 1 is 1.27 bits per heavy atom. The lowest BCUT2D eigenvalue weighted by Crippen LogP contribution is -2.46. The molecule has 0 bridgehead atoms. The number of carbonyl (C=O) groups excluding carboxylic acids is 1. The first kappa shape index (κ1) is 17.1. The van der Waals surface area contributed by atoms with Crippen molar-refractivity contribution in [1.29, 1.82) is 0 Å². The molecule has 0 aromatic carbocycles. The van der Waals surface area contributed by atoms with Gasteiger partial charge in [-0.15, -0.1) is 0 Å². The summed E-state index contributed by atoms with van der Waals surface area (Å²) < 4.78 is 7.62. The molecule has 0 unspecified atom stereocenters. The molecule has 2 aromatic heterocycles. The van der Waals surface area contributed by atoms with Crippen molar-refractivity contribution in [1.82, 2.24) is 30.0 Å². The van der Waals surface area contributed by atoms with E-state index in [0.717, 1.165) is 45.6 Å². The maximum absolute atomic E-state index is 12.1. The third-order valence-corrected chi connectivity index (χ3v) is 5.17. The van der Waals surface area contributed by atoms with Crippen LogP contribution >= 0.6 is 0 Å². The van der Waals surface area contributed by atoms with Gasteiger partial charge in [0, 0.05) is 57.5 Å². The SMILES string of the molecule is O=C(NCC[C@H]1CN(C2CCOCC2)Cc2ccnn21)c1cnccn1. The predicted octanol–water partition coefficient (Wildman–Crippen LogP) is 1.03. The maximum atomic E-state index is 12.1. The first-order valence-electron chi connectivity index (χ1n) is 9.19. The highest BCUT2D eigenvalue weighted by Gasteiger charge is 2.30. The first-order valence-corrected chi connectivity index (χ1v) is 9.19. The Balaban J connectivity index is 1.37. The highest BCUT2D eigenvalue weighted by molar-refractivity contribution is 5.91. The Morgan fingerprint density at radius 3 is 2.96 bits per heavy atom. The Kier molecular flexibility index (Phi) is 5.21. The number of carbonyl (C=O) groups is 1. The highest BCUT2D eigenvalue weighted by atomic mass is 16.5. The smallest absolute Gasteiger partial charge is 0.271 e. The molecule has 1 atom stereocenters. The second-order valence-corrected chi connectivity index (χ2v) is 6.83. The molecule has 138 valence electrons. The standard InChI is InChI=1S/C18H24N6O2/c25-18(17-11-19-7-8-20-17)21-5-1-15-12-23(14-3-9-26-10-4-14)13-16-2-6-22-24(15)16/h2,6-8,11,14-15H,1,3-5,9-10,12-13H2,(H,21,25)/t15-/m0/s1. The van der Waals surface area contributed by atoms with Crippen LogP contribution in [0.15, 0.2) is 30.9 Å². The molecule has 2 aromatic rings. The van der Waals surface area contributed by atoms with E-state index in [-0.39, 0.29) is 11.9 Å². The monoisotopic (exact) mass is 356 g/mol. The fraction of sp³-hybridized carbons (Fsp3) is 0.556. The van der Waals surface area contributed by atoms with Crippen molar-refractivity contribution in [3.05, 3.63) is 42.2 Å². The molecule has 0 saturated carbocycles. The molecule has 1 amide bonds. The molecular formula is C18H24N6O2. The summed E-state index contributed by atoms with van der Waals surface area (Å²) in [7, 11) is 0. The predicted molar refractivity (Wildman–Crippen MR) is 94.5 cm³/mol. The number of rotatable bonds is 5. The summed E-state index contributed by atoms with van der Waals surface area (Å²) in [6.45, 7) is 4.17. The second-order valence-electron chi connectivity index (χ2n) is 6.83. The minimum absolute atomic E-state index is 0.184. The van der Waals surface area contributed by atoms with Crippen LogP contribution in [0.3, 0.4) is 0 Å². The van der Waals surface area contributed by atoms with Crippen molar-refractivity contribution < 1.29 is 9.53 Å². The second kappa shape index (κ2) is 7.92. The molecule has 1 fully saturated rings. The topological polar surface area (TPSA) is 85.2 Å². The molecule has 4 rings (SSSR count). The van der Waals surface area contributed by atoms with Crippen molar-refractivity contribution in [2.24, 2.45) is 0 Å². The van der Waals surface area contributed by atoms with Crippen LogP contribution in [0.5, 0.6) is 0 Å². The number of nitrogens with one attached hydrogen (secondary N) is 1. The van der Waals surface area contributed by atoms with Gasteiger partial charge >= 0.3 is 0 Å². The first-order chi connectivity index (χ1) is 12.8. The van der Waals surface area contributed by atoms with Crippen molar-refractivity contribution in [3.63, 3.8) is 0 Å². The quantitative estimate of drug-likeness (QED) is 0.861. The van der Waals surface area contributed by atoms with Gasteiger partial charge in [-0.3, -0.25) is 19.4 Å². The van der Waals surface area contributed by atoms with Crippen molar-refractivity contribution >= 4 is 5.91 Å². The summed E-state index contributed by atoms with van der Waals surface area (Å²) >= 11 is 0. The molecule has 26 heavy (non-hydrogen) atoms. The molecule has 8 nitrogen and oxygen atoms in total. The van der Waals surface area contributed by atoms with Crippen LogP contribution in [0, 0.1) is 0 Å². The summed E-state index contributed by atoms with van der Waals surface area (Å²) in [5.41, 5.74) is 1.59. The summed E-state index contributed by atoms with van der Waals surface area (Å²) in [4.78, 5) is 22.7. The van der Waals surface area contributed by atoms with Crippen molar-refractivity contribution in [2.45, 2.75) is 37.9 Å². The molecule has 0 radical (unpaired) electrons. The molecule has 2 aliphatic heterocycles. The van der Waals surface area contributed by atoms with E-state index >= 15 is 0 Å². The molecule has 1 N–H and O–H groups in total. The fourth-order valence-corrected chi connectivity index (χ4v) is 3.82. The van der Waals surface area contributed by atoms with Gasteiger partial charge in [0.1, 0.15) is 5.69 Å². The van der Waals surface area contributed by atoms with Gasteiger partial charge in [0.25, 0.3) is 5.91 Å². The highest BCUT2D eigenvalue weighted by Crippen LogP contribution is 2.27. The van der Waals surface area contributed by atoms with E-state index in [4.69, 9.17) is 4.74 Å². The lowest BCUT2D eigenvalue weighted by atomic mass is 10.0. The summed E-state index contributed by atoms with van der Waals surface area (Å²) in [5.74, 6) is -0.184. The third kappa shape index (κ3) is 3.76. The summed E-state index contributed by atoms with van der Waals surface area (Å²) in [6, 6.07) is 2.93. The summed E-state index contributed by atoms with van der Waals surface area (Å²) in [6.07, 6.45) is 9.44. The third-order valence-electron chi connectivity index (χ3n) is 5.17. The average Bonchev–Trinajstić information content (AvgIpc) is 3.18. The molecule has 0 spiro atoms. The normalized spacial score (nSPS) is 21.3. The van der Waals surface area contributed by atoms with Crippen LogP contribution in [-0.4, -0.2) is 62.9 Å². The molecule has 4 heterocycles. The lowest BCUT2D eigenvalue weighted by molar-refractivity contribution is 0.0158. The van der Waals surface area contributed by atoms with Gasteiger partial charge in [-0.2, -0.15) is 5.10 Å². The molecule has 2 aliphatic rings. The van der Waals surface area contributed by atoms with E-state index < -0.39 is 0 Å². The Hall–Kier alpha value is -2.32. The number of aromatic nitrogens is 4. The van der Waals surface area contributed by atoms with Gasteiger partial charge in [-0.25, -0.2) is 4.98 Å². The van der Waals surface area contributed by atoms with Crippen LogP contribution in [0.1, 0.15) is 41.5 Å². The number of hydrogen-bond donors (Lipinski definition) is 1. The minimum atomic E-state index is -0.184. The lowest BCUT2D eigenvalue weighted by Gasteiger charge is -2.40. The molecule has 1 saturated heterocycles. The summed E-state index contributed by atoms with van der Waals surface area (Å²) in [5, 5.41) is 7.45. The van der Waals surface area contributed by atoms with Crippen LogP contribution in [0.25, 0.3) is 0 Å². The molecular weight excluding hydrogens is 332 g/mol. The van der Waals surface area contributed by atoms with Crippen LogP contribution in [-0.2, 0) is 11.3 Å². The number of nitrogens with zero attached hydrogens (tertiary/aromatic N) is 5. The largest absolute Gasteiger partial charge is 0.381 e. The molecule has 0 aliphatic carbocycles. The van der Waals surface area contributed by atoms with Gasteiger partial charge in [0.05, 0.1) is 17.9 Å². The minimum Gasteiger partial charge on any atom is -0.381 e. The zero-order chi connectivity index (χ0) is 17.8. The van der Waals surface area contributed by atoms with Gasteiger partial charge in [-0.05, 0) is 25.3 Å². The molecule has 8 heteroatoms. The van der Waals surface area contributed by atoms with Gasteiger partial charge < -0.3 is 10.1 Å². The van der Waals surface area contributed by atoms with E-state index in [1.165, 1.54) is 18.1 Å². The zero-order valence-electron chi connectivity index (χ0n) is 14.8. The number of ether oxygens (including phenoxy) is 1. The number of hydrogen-bond acceptors (Lipinski definition) is 6. The zero-order valence-corrected chi connectivity index (χ0v) is 14.8. The Morgan fingerprint density at radius 2 is 2.15 bits per heavy atom. The van der Waals surface area contributed by atoms with Crippen molar-refractivity contribution in [2.75, 3.05) is 26.3 Å². The van der Waals surface area contributed by atoms with Gasteiger partial charge in [0.2, 0.25) is 0 Å².